The molecule has 0 fully saturated rings. The molecule has 3 rings (SSSR count). The molecule has 0 aromatic heterocycles. The Hall–Kier alpha value is -4.66. The van der Waals surface area contributed by atoms with Gasteiger partial charge in [-0.2, -0.15) is 5.10 Å². The third-order valence-electron chi connectivity index (χ3n) is 4.46. The maximum atomic E-state index is 12.1. The predicted octanol–water partition coefficient (Wildman–Crippen LogP) is 3.11. The summed E-state index contributed by atoms with van der Waals surface area (Å²) in [6, 6.07) is 20.8. The molecule has 3 aromatic rings. The smallest absolute Gasteiger partial charge is 0.329 e. The highest BCUT2D eigenvalue weighted by Gasteiger charge is 2.12. The van der Waals surface area contributed by atoms with Crippen molar-refractivity contribution in [1.29, 1.82) is 0 Å². The van der Waals surface area contributed by atoms with E-state index >= 15 is 0 Å². The Morgan fingerprint density at radius 2 is 1.62 bits per heavy atom. The van der Waals surface area contributed by atoms with Crippen LogP contribution in [-0.4, -0.2) is 37.7 Å². The molecule has 9 nitrogen and oxygen atoms in total. The second kappa shape index (κ2) is 11.8. The summed E-state index contributed by atoms with van der Waals surface area (Å²) < 4.78 is 10.6. The third kappa shape index (κ3) is 7.49. The molecule has 0 saturated carbocycles. The summed E-state index contributed by atoms with van der Waals surface area (Å²) in [6.07, 6.45) is 1.36. The zero-order chi connectivity index (χ0) is 24.3. The lowest BCUT2D eigenvalue weighted by atomic mass is 10.2. The first-order chi connectivity index (χ1) is 16.4. The molecule has 0 heterocycles. The molecule has 34 heavy (non-hydrogen) atoms. The van der Waals surface area contributed by atoms with Crippen molar-refractivity contribution in [3.05, 3.63) is 83.9 Å². The molecule has 0 spiro atoms. The Bertz CT molecular complexity index is 1190. The van der Waals surface area contributed by atoms with Crippen molar-refractivity contribution in [2.24, 2.45) is 5.10 Å². The summed E-state index contributed by atoms with van der Waals surface area (Å²) in [5.41, 5.74) is 4.95. The van der Waals surface area contributed by atoms with Crippen molar-refractivity contribution in [3.63, 3.8) is 0 Å². The topological polar surface area (TPSA) is 118 Å². The standard InChI is InChI=1S/C25H24N4O5/c1-17-5-3-7-20(13-17)27-23(30)16-34-22-8-4-6-18(14-22)15-26-29-25(32)24(31)28-19-9-11-21(33-2)12-10-19/h3-15H,16H2,1-2H3,(H,27,30)(H,28,31)(H,29,32)/b26-15-. The molecular formula is C25H24N4O5. The Kier molecular flexibility index (Phi) is 8.34. The van der Waals surface area contributed by atoms with Gasteiger partial charge in [-0.25, -0.2) is 5.43 Å². The lowest BCUT2D eigenvalue weighted by Crippen LogP contribution is -2.32. The maximum Gasteiger partial charge on any atom is 0.329 e. The van der Waals surface area contributed by atoms with E-state index in [1.807, 2.05) is 25.1 Å². The highest BCUT2D eigenvalue weighted by molar-refractivity contribution is 6.39. The van der Waals surface area contributed by atoms with Crippen molar-refractivity contribution in [1.82, 2.24) is 5.43 Å². The third-order valence-corrected chi connectivity index (χ3v) is 4.46. The van der Waals surface area contributed by atoms with Gasteiger partial charge in [-0.15, -0.1) is 0 Å². The fourth-order valence-corrected chi connectivity index (χ4v) is 2.83. The molecule has 3 N–H and O–H groups in total. The van der Waals surface area contributed by atoms with Gasteiger partial charge in [0.15, 0.2) is 6.61 Å². The zero-order valence-corrected chi connectivity index (χ0v) is 18.7. The summed E-state index contributed by atoms with van der Waals surface area (Å²) in [7, 11) is 1.53. The molecule has 3 aromatic carbocycles. The number of hydrazone groups is 1. The minimum absolute atomic E-state index is 0.170. The van der Waals surface area contributed by atoms with Gasteiger partial charge in [-0.1, -0.05) is 24.3 Å². The first-order valence-corrected chi connectivity index (χ1v) is 10.3. The van der Waals surface area contributed by atoms with Crippen LogP contribution in [0.25, 0.3) is 0 Å². The number of rotatable bonds is 8. The number of anilines is 2. The van der Waals surface area contributed by atoms with Crippen LogP contribution in [0.5, 0.6) is 11.5 Å². The monoisotopic (exact) mass is 460 g/mol. The summed E-state index contributed by atoms with van der Waals surface area (Å²) in [4.78, 5) is 36.0. The largest absolute Gasteiger partial charge is 0.497 e. The molecule has 0 aliphatic carbocycles. The number of ether oxygens (including phenoxy) is 2. The van der Waals surface area contributed by atoms with Gasteiger partial charge in [-0.05, 0) is 66.6 Å². The molecule has 0 aliphatic heterocycles. The quantitative estimate of drug-likeness (QED) is 0.271. The van der Waals surface area contributed by atoms with Gasteiger partial charge < -0.3 is 20.1 Å². The van der Waals surface area contributed by atoms with Crippen LogP contribution < -0.4 is 25.5 Å². The molecule has 0 radical (unpaired) electrons. The summed E-state index contributed by atoms with van der Waals surface area (Å²) in [5.74, 6) is -0.997. The van der Waals surface area contributed by atoms with Gasteiger partial charge >= 0.3 is 11.8 Å². The van der Waals surface area contributed by atoms with E-state index in [0.29, 0.717) is 28.4 Å². The highest BCUT2D eigenvalue weighted by Crippen LogP contribution is 2.15. The zero-order valence-electron chi connectivity index (χ0n) is 18.7. The average molecular weight is 460 g/mol. The van der Waals surface area contributed by atoms with Crippen LogP contribution in [-0.2, 0) is 14.4 Å². The Labute approximate surface area is 196 Å². The SMILES string of the molecule is COc1ccc(NC(=O)C(=O)N/N=C\c2cccc(OCC(=O)Nc3cccc(C)c3)c2)cc1. The number of benzene rings is 3. The molecule has 174 valence electrons. The first-order valence-electron chi connectivity index (χ1n) is 10.3. The highest BCUT2D eigenvalue weighted by atomic mass is 16.5. The van der Waals surface area contributed by atoms with E-state index in [-0.39, 0.29) is 12.5 Å². The van der Waals surface area contributed by atoms with E-state index in [4.69, 9.17) is 9.47 Å². The first kappa shape index (κ1) is 24.0. The number of hydrogen-bond acceptors (Lipinski definition) is 6. The Balaban J connectivity index is 1.47. The number of amides is 3. The summed E-state index contributed by atoms with van der Waals surface area (Å²) >= 11 is 0. The number of aryl methyl sites for hydroxylation is 1. The van der Waals surface area contributed by atoms with Crippen molar-refractivity contribution in [3.8, 4) is 11.5 Å². The number of carbonyl (C=O) groups is 3. The van der Waals surface area contributed by atoms with Crippen LogP contribution in [0, 0.1) is 6.92 Å². The normalized spacial score (nSPS) is 10.4. The molecule has 3 amide bonds. The van der Waals surface area contributed by atoms with E-state index in [0.717, 1.165) is 5.56 Å². The molecule has 0 saturated heterocycles. The van der Waals surface area contributed by atoms with E-state index in [1.165, 1.54) is 13.3 Å². The molecule has 0 atom stereocenters. The average Bonchev–Trinajstić information content (AvgIpc) is 2.83. The van der Waals surface area contributed by atoms with Crippen molar-refractivity contribution < 1.29 is 23.9 Å². The van der Waals surface area contributed by atoms with E-state index in [2.05, 4.69) is 21.2 Å². The fraction of sp³-hybridized carbons (Fsp3) is 0.120. The van der Waals surface area contributed by atoms with Crippen LogP contribution in [0.15, 0.2) is 77.9 Å². The number of nitrogens with one attached hydrogen (secondary N) is 3. The van der Waals surface area contributed by atoms with Gasteiger partial charge in [-0.3, -0.25) is 14.4 Å². The molecule has 0 aliphatic rings. The predicted molar refractivity (Wildman–Crippen MR) is 129 cm³/mol. The van der Waals surface area contributed by atoms with Crippen molar-refractivity contribution in [2.75, 3.05) is 24.4 Å². The second-order valence-electron chi connectivity index (χ2n) is 7.16. The molecule has 0 bridgehead atoms. The van der Waals surface area contributed by atoms with Gasteiger partial charge in [0, 0.05) is 11.4 Å². The lowest BCUT2D eigenvalue weighted by Gasteiger charge is -2.08. The van der Waals surface area contributed by atoms with Crippen LogP contribution in [0.3, 0.4) is 0 Å². The van der Waals surface area contributed by atoms with Crippen LogP contribution in [0.2, 0.25) is 0 Å². The number of hydrogen-bond donors (Lipinski definition) is 3. The van der Waals surface area contributed by atoms with Crippen molar-refractivity contribution >= 4 is 35.3 Å². The second-order valence-corrected chi connectivity index (χ2v) is 7.16. The Morgan fingerprint density at radius 3 is 2.35 bits per heavy atom. The summed E-state index contributed by atoms with van der Waals surface area (Å²) in [5, 5.41) is 9.02. The van der Waals surface area contributed by atoms with Gasteiger partial charge in [0.2, 0.25) is 0 Å². The van der Waals surface area contributed by atoms with E-state index in [9.17, 15) is 14.4 Å². The van der Waals surface area contributed by atoms with E-state index < -0.39 is 11.8 Å². The minimum Gasteiger partial charge on any atom is -0.497 e. The minimum atomic E-state index is -0.924. The van der Waals surface area contributed by atoms with E-state index in [1.54, 1.807) is 54.6 Å². The van der Waals surface area contributed by atoms with Crippen molar-refractivity contribution in [2.45, 2.75) is 6.92 Å². The van der Waals surface area contributed by atoms with Crippen LogP contribution >= 0.6 is 0 Å². The number of methoxy groups -OCH3 is 1. The number of nitrogens with zero attached hydrogens (tertiary/aromatic N) is 1. The van der Waals surface area contributed by atoms with Gasteiger partial charge in [0.1, 0.15) is 11.5 Å². The van der Waals surface area contributed by atoms with Gasteiger partial charge in [0.25, 0.3) is 5.91 Å². The molecular weight excluding hydrogens is 436 g/mol. The summed E-state index contributed by atoms with van der Waals surface area (Å²) in [6.45, 7) is 1.77. The molecule has 0 unspecified atom stereocenters. The Morgan fingerprint density at radius 1 is 0.853 bits per heavy atom. The van der Waals surface area contributed by atoms with Crippen LogP contribution in [0.4, 0.5) is 11.4 Å². The lowest BCUT2D eigenvalue weighted by molar-refractivity contribution is -0.136. The van der Waals surface area contributed by atoms with Gasteiger partial charge in [0.05, 0.1) is 13.3 Å². The maximum absolute atomic E-state index is 12.1. The molecule has 9 heteroatoms. The number of carbonyl (C=O) groups excluding carboxylic acids is 3. The fourth-order valence-electron chi connectivity index (χ4n) is 2.83. The van der Waals surface area contributed by atoms with Crippen LogP contribution in [0.1, 0.15) is 11.1 Å².